The van der Waals surface area contributed by atoms with Crippen LogP contribution in [0.3, 0.4) is 0 Å². The van der Waals surface area contributed by atoms with Crippen LogP contribution < -0.4 is 0 Å². The number of hydrogen-bond acceptors (Lipinski definition) is 3. The number of methoxy groups -OCH3 is 1. The molecule has 1 aliphatic rings. The first kappa shape index (κ1) is 11.5. The van der Waals surface area contributed by atoms with E-state index in [1.54, 1.807) is 7.11 Å². The van der Waals surface area contributed by atoms with Gasteiger partial charge in [-0.3, -0.25) is 0 Å². The van der Waals surface area contributed by atoms with E-state index >= 15 is 0 Å². The van der Waals surface area contributed by atoms with Gasteiger partial charge in [0.05, 0.1) is 7.11 Å². The molecule has 0 saturated heterocycles. The molecule has 1 aromatic rings. The molecular weight excluding hydrogens is 216 g/mol. The van der Waals surface area contributed by atoms with Gasteiger partial charge in [0.2, 0.25) is 0 Å². The van der Waals surface area contributed by atoms with Crippen LogP contribution in [0.25, 0.3) is 5.76 Å². The highest BCUT2D eigenvalue weighted by Gasteiger charge is 2.23. The standard InChI is InChI=1S/C14H14O3/c1-3-14(15)17-13-9-8-12(16-2)10-6-4-5-7-11(10)13/h3-8,13H,1,9H2,2H3. The summed E-state index contributed by atoms with van der Waals surface area (Å²) in [5, 5.41) is 0. The van der Waals surface area contributed by atoms with Crippen LogP contribution >= 0.6 is 0 Å². The predicted octanol–water partition coefficient (Wildman–Crippen LogP) is 2.85. The normalized spacial score (nSPS) is 17.7. The summed E-state index contributed by atoms with van der Waals surface area (Å²) in [6, 6.07) is 7.76. The van der Waals surface area contributed by atoms with Crippen molar-refractivity contribution < 1.29 is 14.3 Å². The van der Waals surface area contributed by atoms with E-state index < -0.39 is 5.97 Å². The molecule has 3 nitrogen and oxygen atoms in total. The molecule has 1 aliphatic carbocycles. The number of rotatable bonds is 3. The van der Waals surface area contributed by atoms with Crippen molar-refractivity contribution in [2.75, 3.05) is 7.11 Å². The molecule has 88 valence electrons. The van der Waals surface area contributed by atoms with Crippen molar-refractivity contribution in [2.45, 2.75) is 12.5 Å². The van der Waals surface area contributed by atoms with Gasteiger partial charge in [-0.25, -0.2) is 4.79 Å². The molecule has 0 spiro atoms. The summed E-state index contributed by atoms with van der Waals surface area (Å²) in [4.78, 5) is 11.2. The molecule has 1 atom stereocenters. The second-order valence-corrected chi connectivity index (χ2v) is 3.73. The van der Waals surface area contributed by atoms with Crippen LogP contribution in [0.4, 0.5) is 0 Å². The Morgan fingerprint density at radius 1 is 1.47 bits per heavy atom. The van der Waals surface area contributed by atoms with Crippen LogP contribution in [0.1, 0.15) is 23.7 Å². The van der Waals surface area contributed by atoms with E-state index in [4.69, 9.17) is 9.47 Å². The van der Waals surface area contributed by atoms with Gasteiger partial charge in [0.25, 0.3) is 0 Å². The van der Waals surface area contributed by atoms with Crippen LogP contribution in [0.2, 0.25) is 0 Å². The summed E-state index contributed by atoms with van der Waals surface area (Å²) in [6.45, 7) is 3.40. The molecular formula is C14H14O3. The largest absolute Gasteiger partial charge is 0.496 e. The van der Waals surface area contributed by atoms with Crippen LogP contribution in [0.15, 0.2) is 43.0 Å². The molecule has 0 saturated carbocycles. The lowest BCUT2D eigenvalue weighted by atomic mass is 9.93. The minimum absolute atomic E-state index is 0.254. The van der Waals surface area contributed by atoms with Crippen LogP contribution in [-0.2, 0) is 14.3 Å². The highest BCUT2D eigenvalue weighted by molar-refractivity contribution is 5.81. The van der Waals surface area contributed by atoms with E-state index in [0.29, 0.717) is 6.42 Å². The summed E-state index contributed by atoms with van der Waals surface area (Å²) in [5.74, 6) is 0.422. The number of benzene rings is 1. The maximum absolute atomic E-state index is 11.2. The fraction of sp³-hybridized carbons (Fsp3) is 0.214. The van der Waals surface area contributed by atoms with Gasteiger partial charge in [0.1, 0.15) is 11.9 Å². The summed E-state index contributed by atoms with van der Waals surface area (Å²) >= 11 is 0. The van der Waals surface area contributed by atoms with Gasteiger partial charge in [0.15, 0.2) is 0 Å². The molecule has 0 radical (unpaired) electrons. The van der Waals surface area contributed by atoms with E-state index in [1.165, 1.54) is 6.08 Å². The lowest BCUT2D eigenvalue weighted by Crippen LogP contribution is -2.14. The van der Waals surface area contributed by atoms with Crippen molar-refractivity contribution in [1.82, 2.24) is 0 Å². The Morgan fingerprint density at radius 2 is 2.24 bits per heavy atom. The van der Waals surface area contributed by atoms with Gasteiger partial charge >= 0.3 is 5.97 Å². The third-order valence-electron chi connectivity index (χ3n) is 2.74. The second kappa shape index (κ2) is 4.87. The first-order chi connectivity index (χ1) is 8.26. The number of carbonyl (C=O) groups excluding carboxylic acids is 1. The van der Waals surface area contributed by atoms with E-state index in [9.17, 15) is 4.79 Å². The van der Waals surface area contributed by atoms with Gasteiger partial charge in [-0.1, -0.05) is 30.8 Å². The SMILES string of the molecule is C=CC(=O)OC1CC=C(OC)c2ccccc21. The van der Waals surface area contributed by atoms with Crippen molar-refractivity contribution in [3.63, 3.8) is 0 Å². The summed E-state index contributed by atoms with van der Waals surface area (Å²) in [5.41, 5.74) is 1.95. The second-order valence-electron chi connectivity index (χ2n) is 3.73. The van der Waals surface area contributed by atoms with Crippen molar-refractivity contribution in [3.05, 3.63) is 54.1 Å². The van der Waals surface area contributed by atoms with Crippen LogP contribution in [0, 0.1) is 0 Å². The molecule has 0 fully saturated rings. The average molecular weight is 230 g/mol. The lowest BCUT2D eigenvalue weighted by Gasteiger charge is -2.24. The molecule has 1 aromatic carbocycles. The Kier molecular flexibility index (Phi) is 3.28. The minimum atomic E-state index is -0.404. The van der Waals surface area contributed by atoms with Gasteiger partial charge in [-0.05, 0) is 6.08 Å². The van der Waals surface area contributed by atoms with Gasteiger partial charge in [0, 0.05) is 23.6 Å². The van der Waals surface area contributed by atoms with Crippen LogP contribution in [-0.4, -0.2) is 13.1 Å². The molecule has 1 unspecified atom stereocenters. The van der Waals surface area contributed by atoms with Crippen molar-refractivity contribution in [3.8, 4) is 0 Å². The maximum atomic E-state index is 11.2. The number of carbonyl (C=O) groups is 1. The number of hydrogen-bond donors (Lipinski definition) is 0. The molecule has 0 bridgehead atoms. The molecule has 0 N–H and O–H groups in total. The first-order valence-corrected chi connectivity index (χ1v) is 5.42. The quantitative estimate of drug-likeness (QED) is 0.591. The van der Waals surface area contributed by atoms with E-state index in [0.717, 1.165) is 16.9 Å². The lowest BCUT2D eigenvalue weighted by molar-refractivity contribution is -0.143. The van der Waals surface area contributed by atoms with Crippen molar-refractivity contribution in [1.29, 1.82) is 0 Å². The Balaban J connectivity index is 2.33. The Morgan fingerprint density at radius 3 is 2.94 bits per heavy atom. The molecule has 0 heterocycles. The van der Waals surface area contributed by atoms with E-state index in [1.807, 2.05) is 30.3 Å². The molecule has 0 aliphatic heterocycles. The molecule has 3 heteroatoms. The topological polar surface area (TPSA) is 35.5 Å². The number of ether oxygens (including phenoxy) is 2. The Hall–Kier alpha value is -2.03. The maximum Gasteiger partial charge on any atom is 0.330 e. The average Bonchev–Trinajstić information content (AvgIpc) is 2.39. The smallest absolute Gasteiger partial charge is 0.330 e. The van der Waals surface area contributed by atoms with Crippen molar-refractivity contribution in [2.24, 2.45) is 0 Å². The highest BCUT2D eigenvalue weighted by Crippen LogP contribution is 2.35. The zero-order valence-corrected chi connectivity index (χ0v) is 9.68. The summed E-state index contributed by atoms with van der Waals surface area (Å²) in [7, 11) is 1.64. The minimum Gasteiger partial charge on any atom is -0.496 e. The van der Waals surface area contributed by atoms with Crippen LogP contribution in [0.5, 0.6) is 0 Å². The monoisotopic (exact) mass is 230 g/mol. The number of fused-ring (bicyclic) bond motifs is 1. The van der Waals surface area contributed by atoms with E-state index in [2.05, 4.69) is 6.58 Å². The fourth-order valence-electron chi connectivity index (χ4n) is 1.95. The molecule has 0 aromatic heterocycles. The zero-order chi connectivity index (χ0) is 12.3. The van der Waals surface area contributed by atoms with Gasteiger partial charge < -0.3 is 9.47 Å². The fourth-order valence-corrected chi connectivity index (χ4v) is 1.95. The third kappa shape index (κ3) is 2.23. The van der Waals surface area contributed by atoms with E-state index in [-0.39, 0.29) is 6.10 Å². The zero-order valence-electron chi connectivity index (χ0n) is 9.68. The third-order valence-corrected chi connectivity index (χ3v) is 2.74. The first-order valence-electron chi connectivity index (χ1n) is 5.42. The Labute approximate surface area is 100 Å². The van der Waals surface area contributed by atoms with Crippen molar-refractivity contribution >= 4 is 11.7 Å². The predicted molar refractivity (Wildman–Crippen MR) is 65.1 cm³/mol. The van der Waals surface area contributed by atoms with Gasteiger partial charge in [-0.2, -0.15) is 0 Å². The molecule has 2 rings (SSSR count). The highest BCUT2D eigenvalue weighted by atomic mass is 16.5. The Bertz CT molecular complexity index is 474. The van der Waals surface area contributed by atoms with Gasteiger partial charge in [-0.15, -0.1) is 0 Å². The summed E-state index contributed by atoms with van der Waals surface area (Å²) < 4.78 is 10.6. The number of esters is 1. The molecule has 17 heavy (non-hydrogen) atoms. The molecule has 0 amide bonds. The summed E-state index contributed by atoms with van der Waals surface area (Å²) in [6.07, 6.45) is 3.48.